The first-order valence-corrected chi connectivity index (χ1v) is 4.47. The fourth-order valence-corrected chi connectivity index (χ4v) is 1.19. The van der Waals surface area contributed by atoms with E-state index in [1.54, 1.807) is 12.1 Å². The molecule has 0 spiro atoms. The van der Waals surface area contributed by atoms with E-state index in [0.717, 1.165) is 0 Å². The molecule has 0 aliphatic rings. The minimum absolute atomic E-state index is 0.144. The average molecular weight is 197 g/mol. The highest BCUT2D eigenvalue weighted by atomic mass is 16.3. The molecule has 0 bridgehead atoms. The largest absolute Gasteiger partial charge is 0.508 e. The van der Waals surface area contributed by atoms with Crippen LogP contribution in [-0.2, 0) is 0 Å². The van der Waals surface area contributed by atoms with Crippen molar-refractivity contribution in [1.29, 1.82) is 0 Å². The summed E-state index contributed by atoms with van der Waals surface area (Å²) in [6.07, 6.45) is -0.390. The van der Waals surface area contributed by atoms with Crippen LogP contribution >= 0.6 is 0 Å². The van der Waals surface area contributed by atoms with E-state index in [-0.39, 0.29) is 12.4 Å². The zero-order chi connectivity index (χ0) is 10.6. The van der Waals surface area contributed by atoms with Crippen LogP contribution in [0, 0.1) is 0 Å². The predicted molar refractivity (Wildman–Crippen MR) is 52.7 cm³/mol. The average Bonchev–Trinajstić information content (AvgIpc) is 2.18. The molecule has 0 radical (unpaired) electrons. The van der Waals surface area contributed by atoms with Crippen LogP contribution in [0.2, 0.25) is 0 Å². The SMILES string of the molecule is N[C@H](CO)C[C@@H](O)c1ccc(O)cc1. The van der Waals surface area contributed by atoms with Crippen molar-refractivity contribution in [3.8, 4) is 5.75 Å². The molecule has 0 saturated heterocycles. The number of nitrogens with two attached hydrogens (primary N) is 1. The molecule has 14 heavy (non-hydrogen) atoms. The van der Waals surface area contributed by atoms with Gasteiger partial charge in [-0.05, 0) is 24.1 Å². The highest BCUT2D eigenvalue weighted by Gasteiger charge is 2.11. The van der Waals surface area contributed by atoms with E-state index in [1.165, 1.54) is 12.1 Å². The van der Waals surface area contributed by atoms with Crippen molar-refractivity contribution in [2.45, 2.75) is 18.6 Å². The van der Waals surface area contributed by atoms with Gasteiger partial charge in [0.2, 0.25) is 0 Å². The summed E-state index contributed by atoms with van der Waals surface area (Å²) in [5.41, 5.74) is 6.17. The predicted octanol–water partition coefficient (Wildman–Crippen LogP) is 0.135. The fraction of sp³-hybridized carbons (Fsp3) is 0.400. The van der Waals surface area contributed by atoms with Gasteiger partial charge in [-0.15, -0.1) is 0 Å². The third-order valence-corrected chi connectivity index (χ3v) is 2.04. The van der Waals surface area contributed by atoms with Crippen molar-refractivity contribution in [3.05, 3.63) is 29.8 Å². The van der Waals surface area contributed by atoms with Crippen LogP contribution in [0.3, 0.4) is 0 Å². The first-order valence-electron chi connectivity index (χ1n) is 4.47. The van der Waals surface area contributed by atoms with Crippen LogP contribution in [0.5, 0.6) is 5.75 Å². The summed E-state index contributed by atoms with van der Waals surface area (Å²) >= 11 is 0. The lowest BCUT2D eigenvalue weighted by molar-refractivity contribution is 0.140. The molecule has 0 unspecified atom stereocenters. The summed E-state index contributed by atoms with van der Waals surface area (Å²) in [6, 6.07) is 5.85. The lowest BCUT2D eigenvalue weighted by Crippen LogP contribution is -2.26. The Kier molecular flexibility index (Phi) is 3.88. The number of aliphatic hydroxyl groups excluding tert-OH is 2. The van der Waals surface area contributed by atoms with Crippen molar-refractivity contribution in [1.82, 2.24) is 0 Å². The lowest BCUT2D eigenvalue weighted by atomic mass is 10.0. The van der Waals surface area contributed by atoms with Crippen LogP contribution in [0.4, 0.5) is 0 Å². The Hall–Kier alpha value is -1.10. The lowest BCUT2D eigenvalue weighted by Gasteiger charge is -2.14. The van der Waals surface area contributed by atoms with Gasteiger partial charge in [0.25, 0.3) is 0 Å². The highest BCUT2D eigenvalue weighted by Crippen LogP contribution is 2.19. The number of aromatic hydroxyl groups is 1. The number of rotatable bonds is 4. The minimum Gasteiger partial charge on any atom is -0.508 e. The van der Waals surface area contributed by atoms with Gasteiger partial charge in [-0.2, -0.15) is 0 Å². The second-order valence-corrected chi connectivity index (χ2v) is 3.29. The normalized spacial score (nSPS) is 15.1. The molecule has 0 aliphatic heterocycles. The Morgan fingerprint density at radius 2 is 1.79 bits per heavy atom. The summed E-state index contributed by atoms with van der Waals surface area (Å²) in [6.45, 7) is -0.144. The van der Waals surface area contributed by atoms with Gasteiger partial charge in [-0.25, -0.2) is 0 Å². The minimum atomic E-state index is -0.697. The Morgan fingerprint density at radius 3 is 2.29 bits per heavy atom. The zero-order valence-corrected chi connectivity index (χ0v) is 7.80. The second kappa shape index (κ2) is 4.95. The van der Waals surface area contributed by atoms with Crippen LogP contribution in [0.15, 0.2) is 24.3 Å². The molecule has 1 aromatic rings. The van der Waals surface area contributed by atoms with Gasteiger partial charge in [-0.3, -0.25) is 0 Å². The third-order valence-electron chi connectivity index (χ3n) is 2.04. The maximum Gasteiger partial charge on any atom is 0.115 e. The molecule has 1 rings (SSSR count). The molecule has 4 nitrogen and oxygen atoms in total. The van der Waals surface area contributed by atoms with Crippen molar-refractivity contribution < 1.29 is 15.3 Å². The van der Waals surface area contributed by atoms with E-state index in [4.69, 9.17) is 15.9 Å². The number of phenols is 1. The number of phenolic OH excluding ortho intramolecular Hbond substituents is 1. The van der Waals surface area contributed by atoms with E-state index in [1.807, 2.05) is 0 Å². The van der Waals surface area contributed by atoms with Crippen LogP contribution in [-0.4, -0.2) is 28.0 Å². The quantitative estimate of drug-likeness (QED) is 0.553. The van der Waals surface area contributed by atoms with Gasteiger partial charge in [0.15, 0.2) is 0 Å². The van der Waals surface area contributed by atoms with Crippen molar-refractivity contribution in [2.24, 2.45) is 5.73 Å². The molecule has 4 heteroatoms. The maximum atomic E-state index is 9.64. The van der Waals surface area contributed by atoms with Gasteiger partial charge < -0.3 is 21.1 Å². The molecular formula is C10H15NO3. The van der Waals surface area contributed by atoms with Gasteiger partial charge in [0.1, 0.15) is 5.75 Å². The Labute approximate surface area is 82.6 Å². The maximum absolute atomic E-state index is 9.64. The summed E-state index contributed by atoms with van der Waals surface area (Å²) in [5, 5.41) is 27.4. The van der Waals surface area contributed by atoms with Crippen LogP contribution in [0.25, 0.3) is 0 Å². The van der Waals surface area contributed by atoms with Crippen molar-refractivity contribution in [3.63, 3.8) is 0 Å². The Morgan fingerprint density at radius 1 is 1.21 bits per heavy atom. The molecule has 0 fully saturated rings. The van der Waals surface area contributed by atoms with E-state index in [0.29, 0.717) is 12.0 Å². The number of aliphatic hydroxyl groups is 2. The van der Waals surface area contributed by atoms with Gasteiger partial charge in [0, 0.05) is 6.04 Å². The Bertz CT molecular complexity index is 273. The molecule has 1 aromatic carbocycles. The summed E-state index contributed by atoms with van der Waals surface area (Å²) in [7, 11) is 0. The zero-order valence-electron chi connectivity index (χ0n) is 7.80. The van der Waals surface area contributed by atoms with Crippen molar-refractivity contribution in [2.75, 3.05) is 6.61 Å². The van der Waals surface area contributed by atoms with Crippen LogP contribution < -0.4 is 5.73 Å². The van der Waals surface area contributed by atoms with E-state index < -0.39 is 12.1 Å². The third kappa shape index (κ3) is 2.99. The Balaban J connectivity index is 2.60. The highest BCUT2D eigenvalue weighted by molar-refractivity contribution is 5.27. The molecule has 0 aromatic heterocycles. The number of hydrogen-bond donors (Lipinski definition) is 4. The fourth-order valence-electron chi connectivity index (χ4n) is 1.19. The molecule has 0 heterocycles. The first-order chi connectivity index (χ1) is 6.63. The molecule has 78 valence electrons. The standard InChI is InChI=1S/C10H15NO3/c11-8(6-12)5-10(14)7-1-3-9(13)4-2-7/h1-4,8,10,12-14H,5-6,11H2/t8-,10+/m0/s1. The van der Waals surface area contributed by atoms with E-state index in [2.05, 4.69) is 0 Å². The smallest absolute Gasteiger partial charge is 0.115 e. The van der Waals surface area contributed by atoms with E-state index >= 15 is 0 Å². The van der Waals surface area contributed by atoms with Crippen LogP contribution in [0.1, 0.15) is 18.1 Å². The van der Waals surface area contributed by atoms with Gasteiger partial charge in [-0.1, -0.05) is 12.1 Å². The summed E-state index contributed by atoms with van der Waals surface area (Å²) in [4.78, 5) is 0. The van der Waals surface area contributed by atoms with Gasteiger partial charge >= 0.3 is 0 Å². The monoisotopic (exact) mass is 197 g/mol. The number of benzene rings is 1. The molecule has 2 atom stereocenters. The topological polar surface area (TPSA) is 86.7 Å². The van der Waals surface area contributed by atoms with E-state index in [9.17, 15) is 5.11 Å². The molecule has 0 saturated carbocycles. The molecule has 5 N–H and O–H groups in total. The number of hydrogen-bond acceptors (Lipinski definition) is 4. The summed E-state index contributed by atoms with van der Waals surface area (Å²) < 4.78 is 0. The molecule has 0 aliphatic carbocycles. The van der Waals surface area contributed by atoms with Gasteiger partial charge in [0.05, 0.1) is 12.7 Å². The van der Waals surface area contributed by atoms with Crippen molar-refractivity contribution >= 4 is 0 Å². The summed E-state index contributed by atoms with van der Waals surface area (Å²) in [5.74, 6) is 0.160. The second-order valence-electron chi connectivity index (χ2n) is 3.29. The molecule has 0 amide bonds. The molecular weight excluding hydrogens is 182 g/mol. The first kappa shape index (κ1) is 11.0.